The minimum Gasteiger partial charge on any atom is -0.353 e. The number of nitrogens with one attached hydrogen (secondary N) is 1. The summed E-state index contributed by atoms with van der Waals surface area (Å²) < 4.78 is 0. The smallest absolute Gasteiger partial charge is 0.220 e. The van der Waals surface area contributed by atoms with Gasteiger partial charge in [-0.2, -0.15) is 0 Å². The van der Waals surface area contributed by atoms with E-state index < -0.39 is 0 Å². The Morgan fingerprint density at radius 2 is 2.16 bits per heavy atom. The van der Waals surface area contributed by atoms with E-state index in [1.807, 2.05) is 31.2 Å². The van der Waals surface area contributed by atoms with Gasteiger partial charge in [0, 0.05) is 17.5 Å². The minimum absolute atomic E-state index is 0.117. The Labute approximate surface area is 120 Å². The molecular formula is C15H23ClN2O. The van der Waals surface area contributed by atoms with Gasteiger partial charge in [-0.05, 0) is 50.4 Å². The maximum atomic E-state index is 11.7. The molecule has 0 fully saturated rings. The molecule has 1 aromatic carbocycles. The second-order valence-electron chi connectivity index (χ2n) is 4.90. The lowest BCUT2D eigenvalue weighted by Crippen LogP contribution is -2.33. The van der Waals surface area contributed by atoms with E-state index in [0.717, 1.165) is 36.3 Å². The summed E-state index contributed by atoms with van der Waals surface area (Å²) in [5.41, 5.74) is 6.55. The molecule has 0 aliphatic carbocycles. The summed E-state index contributed by atoms with van der Waals surface area (Å²) in [6, 6.07) is 7.87. The van der Waals surface area contributed by atoms with Crippen molar-refractivity contribution in [3.8, 4) is 0 Å². The van der Waals surface area contributed by atoms with Crippen molar-refractivity contribution in [3.05, 3.63) is 34.9 Å². The van der Waals surface area contributed by atoms with Crippen LogP contribution in [-0.2, 0) is 11.2 Å². The summed E-state index contributed by atoms with van der Waals surface area (Å²) in [7, 11) is 0. The highest BCUT2D eigenvalue weighted by Gasteiger charge is 2.08. The van der Waals surface area contributed by atoms with E-state index in [4.69, 9.17) is 17.3 Å². The molecule has 0 aliphatic heterocycles. The quantitative estimate of drug-likeness (QED) is 0.720. The number of hydrogen-bond donors (Lipinski definition) is 2. The van der Waals surface area contributed by atoms with E-state index >= 15 is 0 Å². The van der Waals surface area contributed by atoms with Gasteiger partial charge in [0.15, 0.2) is 0 Å². The highest BCUT2D eigenvalue weighted by atomic mass is 35.5. The van der Waals surface area contributed by atoms with Gasteiger partial charge in [0.25, 0.3) is 0 Å². The van der Waals surface area contributed by atoms with Crippen LogP contribution in [0.1, 0.15) is 38.2 Å². The fourth-order valence-electron chi connectivity index (χ4n) is 2.02. The van der Waals surface area contributed by atoms with Crippen LogP contribution in [0, 0.1) is 0 Å². The zero-order valence-electron chi connectivity index (χ0n) is 11.5. The first-order valence-electron chi connectivity index (χ1n) is 6.85. The Morgan fingerprint density at radius 3 is 2.84 bits per heavy atom. The monoisotopic (exact) mass is 282 g/mol. The van der Waals surface area contributed by atoms with Crippen LogP contribution in [0.4, 0.5) is 0 Å². The summed E-state index contributed by atoms with van der Waals surface area (Å²) >= 11 is 5.93. The van der Waals surface area contributed by atoms with Crippen molar-refractivity contribution in [2.24, 2.45) is 5.73 Å². The average molecular weight is 283 g/mol. The van der Waals surface area contributed by atoms with Crippen LogP contribution < -0.4 is 11.1 Å². The zero-order valence-corrected chi connectivity index (χ0v) is 12.2. The van der Waals surface area contributed by atoms with E-state index in [1.54, 1.807) is 0 Å². The van der Waals surface area contributed by atoms with Gasteiger partial charge in [-0.25, -0.2) is 0 Å². The van der Waals surface area contributed by atoms with Gasteiger partial charge in [-0.1, -0.05) is 30.2 Å². The van der Waals surface area contributed by atoms with Gasteiger partial charge in [-0.15, -0.1) is 0 Å². The third-order valence-electron chi connectivity index (χ3n) is 2.95. The first-order chi connectivity index (χ1) is 9.11. The Kier molecular flexibility index (Phi) is 7.53. The molecule has 3 nitrogen and oxygen atoms in total. The Morgan fingerprint density at radius 1 is 1.37 bits per heavy atom. The number of carbonyl (C=O) groups excluding carboxylic acids is 1. The van der Waals surface area contributed by atoms with Gasteiger partial charge < -0.3 is 11.1 Å². The van der Waals surface area contributed by atoms with Crippen molar-refractivity contribution in [3.63, 3.8) is 0 Å². The lowest BCUT2D eigenvalue weighted by molar-refractivity contribution is -0.121. The number of unbranched alkanes of at least 4 members (excludes halogenated alkanes) is 2. The predicted molar refractivity (Wildman–Crippen MR) is 80.3 cm³/mol. The van der Waals surface area contributed by atoms with Crippen molar-refractivity contribution in [1.29, 1.82) is 0 Å². The molecule has 0 aliphatic rings. The van der Waals surface area contributed by atoms with Crippen LogP contribution in [-0.4, -0.2) is 18.5 Å². The van der Waals surface area contributed by atoms with Gasteiger partial charge in [0.2, 0.25) is 5.91 Å². The normalized spacial score (nSPS) is 12.2. The Hall–Kier alpha value is -1.06. The summed E-state index contributed by atoms with van der Waals surface area (Å²) in [6.45, 7) is 2.71. The maximum Gasteiger partial charge on any atom is 0.220 e. The standard InChI is InChI=1S/C15H23ClN2O/c1-12(10-13-6-5-7-14(16)11-13)18-15(19)8-3-2-4-9-17/h5-7,11-12H,2-4,8-10,17H2,1H3,(H,18,19). The Bertz CT molecular complexity index is 395. The van der Waals surface area contributed by atoms with Gasteiger partial charge >= 0.3 is 0 Å². The first-order valence-corrected chi connectivity index (χ1v) is 7.23. The van der Waals surface area contributed by atoms with E-state index in [1.165, 1.54) is 0 Å². The number of amides is 1. The van der Waals surface area contributed by atoms with Gasteiger partial charge in [0.1, 0.15) is 0 Å². The second kappa shape index (κ2) is 8.94. The summed E-state index contributed by atoms with van der Waals surface area (Å²) in [5.74, 6) is 0.117. The maximum absolute atomic E-state index is 11.7. The summed E-state index contributed by atoms with van der Waals surface area (Å²) in [5, 5.41) is 3.75. The number of nitrogens with two attached hydrogens (primary N) is 1. The molecule has 0 bridgehead atoms. The van der Waals surface area contributed by atoms with Crippen molar-refractivity contribution in [2.45, 2.75) is 45.1 Å². The number of benzene rings is 1. The molecule has 106 valence electrons. The number of halogens is 1. The van der Waals surface area contributed by atoms with Crippen LogP contribution in [0.2, 0.25) is 5.02 Å². The third-order valence-corrected chi connectivity index (χ3v) is 3.18. The zero-order chi connectivity index (χ0) is 14.1. The molecule has 3 N–H and O–H groups in total. The third kappa shape index (κ3) is 7.19. The van der Waals surface area contributed by atoms with Crippen LogP contribution >= 0.6 is 11.6 Å². The molecule has 0 heterocycles. The van der Waals surface area contributed by atoms with E-state index in [0.29, 0.717) is 13.0 Å². The molecule has 0 spiro atoms. The van der Waals surface area contributed by atoms with Crippen molar-refractivity contribution in [1.82, 2.24) is 5.32 Å². The lowest BCUT2D eigenvalue weighted by Gasteiger charge is -2.14. The number of hydrogen-bond acceptors (Lipinski definition) is 2. The molecule has 0 radical (unpaired) electrons. The van der Waals surface area contributed by atoms with E-state index in [2.05, 4.69) is 5.32 Å². The van der Waals surface area contributed by atoms with Crippen molar-refractivity contribution < 1.29 is 4.79 Å². The summed E-state index contributed by atoms with van der Waals surface area (Å²) in [6.07, 6.45) is 4.31. The fraction of sp³-hybridized carbons (Fsp3) is 0.533. The SMILES string of the molecule is CC(Cc1cccc(Cl)c1)NC(=O)CCCCCN. The van der Waals surface area contributed by atoms with E-state index in [-0.39, 0.29) is 11.9 Å². The molecule has 19 heavy (non-hydrogen) atoms. The molecular weight excluding hydrogens is 260 g/mol. The van der Waals surface area contributed by atoms with Crippen LogP contribution in [0.3, 0.4) is 0 Å². The average Bonchev–Trinajstić information content (AvgIpc) is 2.34. The molecule has 1 unspecified atom stereocenters. The minimum atomic E-state index is 0.117. The van der Waals surface area contributed by atoms with Crippen LogP contribution in [0.5, 0.6) is 0 Å². The highest BCUT2D eigenvalue weighted by molar-refractivity contribution is 6.30. The van der Waals surface area contributed by atoms with Crippen molar-refractivity contribution >= 4 is 17.5 Å². The molecule has 1 rings (SSSR count). The fourth-order valence-corrected chi connectivity index (χ4v) is 2.24. The lowest BCUT2D eigenvalue weighted by atomic mass is 10.1. The molecule has 0 saturated heterocycles. The van der Waals surface area contributed by atoms with Crippen molar-refractivity contribution in [2.75, 3.05) is 6.54 Å². The molecule has 4 heteroatoms. The first kappa shape index (κ1) is 16.0. The molecule has 1 atom stereocenters. The number of carbonyl (C=O) groups is 1. The summed E-state index contributed by atoms with van der Waals surface area (Å²) in [4.78, 5) is 11.7. The van der Waals surface area contributed by atoms with Gasteiger partial charge in [0.05, 0.1) is 0 Å². The van der Waals surface area contributed by atoms with Crippen LogP contribution in [0.15, 0.2) is 24.3 Å². The topological polar surface area (TPSA) is 55.1 Å². The van der Waals surface area contributed by atoms with E-state index in [9.17, 15) is 4.79 Å². The molecule has 0 aromatic heterocycles. The number of rotatable bonds is 8. The highest BCUT2D eigenvalue weighted by Crippen LogP contribution is 2.12. The molecule has 1 amide bonds. The molecule has 1 aromatic rings. The second-order valence-corrected chi connectivity index (χ2v) is 5.34. The molecule has 0 saturated carbocycles. The predicted octanol–water partition coefficient (Wildman–Crippen LogP) is 2.91. The van der Waals surface area contributed by atoms with Crippen LogP contribution in [0.25, 0.3) is 0 Å². The largest absolute Gasteiger partial charge is 0.353 e. The van der Waals surface area contributed by atoms with Gasteiger partial charge in [-0.3, -0.25) is 4.79 Å². The Balaban J connectivity index is 2.26.